The number of nitrogens with zero attached hydrogens (tertiary/aromatic N) is 2. The van der Waals surface area contributed by atoms with Crippen LogP contribution in [0.4, 0.5) is 17.1 Å². The molecule has 0 saturated carbocycles. The van der Waals surface area contributed by atoms with Crippen molar-refractivity contribution < 1.29 is 24.2 Å². The van der Waals surface area contributed by atoms with E-state index >= 15 is 0 Å². The Morgan fingerprint density at radius 2 is 1.63 bits per heavy atom. The molecule has 1 amide bonds. The molecule has 0 aliphatic rings. The fraction of sp³-hybridized carbons (Fsp3) is 0.176. The van der Waals surface area contributed by atoms with Gasteiger partial charge in [-0.2, -0.15) is 0 Å². The van der Waals surface area contributed by atoms with Gasteiger partial charge in [-0.1, -0.05) is 30.3 Å². The summed E-state index contributed by atoms with van der Waals surface area (Å²) in [5, 5.41) is 24.3. The maximum atomic E-state index is 12.0. The quantitative estimate of drug-likeness (QED) is 0.446. The number of benzene rings is 2. The van der Waals surface area contributed by atoms with E-state index in [1.54, 1.807) is 19.1 Å². The topological polar surface area (TPSA) is 142 Å². The molecule has 2 aromatic carbocycles. The Balaban J connectivity index is 1.98. The Bertz CT molecular complexity index is 911. The predicted molar refractivity (Wildman–Crippen MR) is 94.2 cm³/mol. The number of esters is 1. The van der Waals surface area contributed by atoms with Gasteiger partial charge < -0.3 is 10.1 Å². The maximum absolute atomic E-state index is 12.0. The molecular formula is C17H15N3O7. The summed E-state index contributed by atoms with van der Waals surface area (Å²) in [5.74, 6) is -1.60. The number of para-hydroxylation sites is 2. The lowest BCUT2D eigenvalue weighted by Crippen LogP contribution is -2.22. The summed E-state index contributed by atoms with van der Waals surface area (Å²) in [6.07, 6.45) is -0.380. The number of nitro benzene ring substituents is 2. The van der Waals surface area contributed by atoms with E-state index < -0.39 is 28.3 Å². The maximum Gasteiger partial charge on any atom is 0.311 e. The Hall–Kier alpha value is -3.82. The number of amides is 1. The number of carbonyl (C=O) groups excluding carboxylic acids is 2. The number of ether oxygens (including phenoxy) is 1. The largest absolute Gasteiger partial charge is 0.455 e. The lowest BCUT2D eigenvalue weighted by Gasteiger charge is -2.09. The molecule has 10 heteroatoms. The van der Waals surface area contributed by atoms with Crippen molar-refractivity contribution in [2.45, 2.75) is 13.3 Å². The summed E-state index contributed by atoms with van der Waals surface area (Å²) in [7, 11) is 0. The van der Waals surface area contributed by atoms with Crippen LogP contribution in [0.2, 0.25) is 0 Å². The van der Waals surface area contributed by atoms with Gasteiger partial charge in [0.25, 0.3) is 17.3 Å². The van der Waals surface area contributed by atoms with E-state index in [9.17, 15) is 29.8 Å². The molecule has 0 heterocycles. The van der Waals surface area contributed by atoms with Crippen LogP contribution in [0.3, 0.4) is 0 Å². The third-order valence-corrected chi connectivity index (χ3v) is 3.60. The number of aryl methyl sites for hydroxylation is 1. The van der Waals surface area contributed by atoms with Crippen LogP contribution < -0.4 is 5.32 Å². The first-order valence-corrected chi connectivity index (χ1v) is 7.71. The van der Waals surface area contributed by atoms with Crippen molar-refractivity contribution in [3.63, 3.8) is 0 Å². The van der Waals surface area contributed by atoms with Crippen molar-refractivity contribution in [2.24, 2.45) is 0 Å². The van der Waals surface area contributed by atoms with E-state index in [0.29, 0.717) is 5.56 Å². The monoisotopic (exact) mass is 373 g/mol. The lowest BCUT2D eigenvalue weighted by atomic mass is 10.1. The SMILES string of the molecule is Cc1cccc([N+](=O)[O-])c1NC(=O)COC(=O)Cc1ccccc1[N+](=O)[O-]. The molecule has 0 aliphatic heterocycles. The first-order valence-electron chi connectivity index (χ1n) is 7.71. The Kier molecular flexibility index (Phi) is 6.15. The van der Waals surface area contributed by atoms with Crippen LogP contribution in [0.15, 0.2) is 42.5 Å². The fourth-order valence-corrected chi connectivity index (χ4v) is 2.33. The van der Waals surface area contributed by atoms with Crippen LogP contribution in [-0.4, -0.2) is 28.3 Å². The van der Waals surface area contributed by atoms with Gasteiger partial charge in [0.2, 0.25) is 0 Å². The normalized spacial score (nSPS) is 10.1. The van der Waals surface area contributed by atoms with Crippen molar-refractivity contribution in [3.05, 3.63) is 73.8 Å². The number of nitrogens with one attached hydrogen (secondary N) is 1. The van der Waals surface area contributed by atoms with Gasteiger partial charge in [-0.05, 0) is 12.5 Å². The molecule has 0 aromatic heterocycles. The summed E-state index contributed by atoms with van der Waals surface area (Å²) >= 11 is 0. The highest BCUT2D eigenvalue weighted by Gasteiger charge is 2.20. The summed E-state index contributed by atoms with van der Waals surface area (Å²) < 4.78 is 4.81. The van der Waals surface area contributed by atoms with Gasteiger partial charge in [0.05, 0.1) is 16.3 Å². The molecule has 2 aromatic rings. The fourth-order valence-electron chi connectivity index (χ4n) is 2.33. The highest BCUT2D eigenvalue weighted by molar-refractivity contribution is 5.95. The molecule has 10 nitrogen and oxygen atoms in total. The van der Waals surface area contributed by atoms with Gasteiger partial charge in [-0.3, -0.25) is 29.8 Å². The highest BCUT2D eigenvalue weighted by Crippen LogP contribution is 2.27. The second-order valence-electron chi connectivity index (χ2n) is 5.50. The highest BCUT2D eigenvalue weighted by atomic mass is 16.6. The molecule has 0 aliphatic carbocycles. The zero-order chi connectivity index (χ0) is 20.0. The zero-order valence-electron chi connectivity index (χ0n) is 14.2. The molecule has 0 bridgehead atoms. The lowest BCUT2D eigenvalue weighted by molar-refractivity contribution is -0.385. The predicted octanol–water partition coefficient (Wildman–Crippen LogP) is 2.54. The van der Waals surface area contributed by atoms with E-state index in [1.807, 2.05) is 0 Å². The van der Waals surface area contributed by atoms with Crippen LogP contribution >= 0.6 is 0 Å². The van der Waals surface area contributed by atoms with Crippen LogP contribution in [0.25, 0.3) is 0 Å². The molecule has 0 spiro atoms. The van der Waals surface area contributed by atoms with E-state index in [4.69, 9.17) is 4.74 Å². The molecule has 0 atom stereocenters. The van der Waals surface area contributed by atoms with Gasteiger partial charge in [-0.15, -0.1) is 0 Å². The number of anilines is 1. The van der Waals surface area contributed by atoms with Crippen LogP contribution in [-0.2, 0) is 20.7 Å². The second-order valence-corrected chi connectivity index (χ2v) is 5.50. The molecule has 0 radical (unpaired) electrons. The first-order chi connectivity index (χ1) is 12.8. The third kappa shape index (κ3) is 5.08. The molecule has 1 N–H and O–H groups in total. The standard InChI is InChI=1S/C17H15N3O7/c1-11-5-4-8-14(20(25)26)17(11)18-15(21)10-27-16(22)9-12-6-2-3-7-13(12)19(23)24/h2-8H,9-10H2,1H3,(H,18,21). The Morgan fingerprint density at radius 1 is 1.00 bits per heavy atom. The minimum absolute atomic E-state index is 0.0160. The van der Waals surface area contributed by atoms with Gasteiger partial charge in [0, 0.05) is 17.7 Å². The van der Waals surface area contributed by atoms with Crippen molar-refractivity contribution in [3.8, 4) is 0 Å². The van der Waals surface area contributed by atoms with Crippen LogP contribution in [0.5, 0.6) is 0 Å². The molecule has 140 valence electrons. The van der Waals surface area contributed by atoms with Gasteiger partial charge in [0.15, 0.2) is 6.61 Å². The average molecular weight is 373 g/mol. The summed E-state index contributed by atoms with van der Waals surface area (Å²) in [6.45, 7) is 0.911. The van der Waals surface area contributed by atoms with Crippen molar-refractivity contribution in [2.75, 3.05) is 11.9 Å². The van der Waals surface area contributed by atoms with Crippen LogP contribution in [0, 0.1) is 27.2 Å². The molecule has 2 rings (SSSR count). The van der Waals surface area contributed by atoms with Crippen LogP contribution in [0.1, 0.15) is 11.1 Å². The first kappa shape index (κ1) is 19.5. The van der Waals surface area contributed by atoms with Crippen molar-refractivity contribution in [1.82, 2.24) is 0 Å². The van der Waals surface area contributed by atoms with Gasteiger partial charge in [-0.25, -0.2) is 0 Å². The molecule has 0 unspecified atom stereocenters. The van der Waals surface area contributed by atoms with E-state index in [0.717, 1.165) is 0 Å². The minimum Gasteiger partial charge on any atom is -0.455 e. The molecule has 27 heavy (non-hydrogen) atoms. The Labute approximate surface area is 153 Å². The summed E-state index contributed by atoms with van der Waals surface area (Å²) in [4.78, 5) is 44.5. The average Bonchev–Trinajstić information content (AvgIpc) is 2.61. The van der Waals surface area contributed by atoms with E-state index in [2.05, 4.69) is 5.32 Å². The molecule has 0 fully saturated rings. The number of hydrogen-bond donors (Lipinski definition) is 1. The van der Waals surface area contributed by atoms with Crippen molar-refractivity contribution in [1.29, 1.82) is 0 Å². The number of nitro groups is 2. The molecular weight excluding hydrogens is 358 g/mol. The van der Waals surface area contributed by atoms with Gasteiger partial charge in [0.1, 0.15) is 5.69 Å². The van der Waals surface area contributed by atoms with E-state index in [1.165, 1.54) is 30.3 Å². The van der Waals surface area contributed by atoms with Crippen molar-refractivity contribution >= 4 is 28.9 Å². The number of carbonyl (C=O) groups is 2. The van der Waals surface area contributed by atoms with Gasteiger partial charge >= 0.3 is 5.97 Å². The number of hydrogen-bond acceptors (Lipinski definition) is 7. The number of rotatable bonds is 7. The van der Waals surface area contributed by atoms with E-state index in [-0.39, 0.29) is 29.0 Å². The Morgan fingerprint density at radius 3 is 2.30 bits per heavy atom. The third-order valence-electron chi connectivity index (χ3n) is 3.60. The zero-order valence-corrected chi connectivity index (χ0v) is 14.2. The minimum atomic E-state index is -0.835. The second kappa shape index (κ2) is 8.52. The smallest absolute Gasteiger partial charge is 0.311 e. The molecule has 0 saturated heterocycles. The summed E-state index contributed by atoms with van der Waals surface area (Å²) in [5.41, 5.74) is 0.137. The summed E-state index contributed by atoms with van der Waals surface area (Å²) in [6, 6.07) is 9.99.